The number of nitrogens with two attached hydrogens (primary N) is 1. The highest BCUT2D eigenvalue weighted by Gasteiger charge is 2.20. The largest absolute Gasteiger partial charge is 0.496 e. The van der Waals surface area contributed by atoms with E-state index in [9.17, 15) is 0 Å². The fourth-order valence-electron chi connectivity index (χ4n) is 4.04. The molecule has 1 aliphatic heterocycles. The van der Waals surface area contributed by atoms with Crippen LogP contribution >= 0.6 is 0 Å². The standard InChI is InChI=1S/C23H25N7O/c1-31-20-10-6-5-9-19(20)21-26-22-17(15-25-23(24)30(22)27-21)16-28-11-13-29(14-12-28)18-7-3-2-4-8-18/h2-10,15H,11-14,16H2,1H3,(H2,24,25). The predicted molar refractivity (Wildman–Crippen MR) is 121 cm³/mol. The van der Waals surface area contributed by atoms with Gasteiger partial charge in [0.05, 0.1) is 12.7 Å². The van der Waals surface area contributed by atoms with E-state index in [-0.39, 0.29) is 0 Å². The number of anilines is 2. The number of hydrogen-bond acceptors (Lipinski definition) is 7. The third-order valence-corrected chi connectivity index (χ3v) is 5.70. The Morgan fingerprint density at radius 2 is 1.71 bits per heavy atom. The molecule has 1 fully saturated rings. The molecule has 3 heterocycles. The van der Waals surface area contributed by atoms with Crippen LogP contribution in [0.25, 0.3) is 17.0 Å². The monoisotopic (exact) mass is 415 g/mol. The highest BCUT2D eigenvalue weighted by molar-refractivity contribution is 5.67. The number of benzene rings is 2. The smallest absolute Gasteiger partial charge is 0.223 e. The molecule has 0 bridgehead atoms. The summed E-state index contributed by atoms with van der Waals surface area (Å²) in [6, 6.07) is 18.3. The highest BCUT2D eigenvalue weighted by atomic mass is 16.5. The van der Waals surface area contributed by atoms with Crippen LogP contribution in [0.4, 0.5) is 11.6 Å². The van der Waals surface area contributed by atoms with Crippen molar-refractivity contribution in [2.75, 3.05) is 43.9 Å². The second kappa shape index (κ2) is 8.23. The van der Waals surface area contributed by atoms with E-state index in [0.717, 1.165) is 55.2 Å². The number of nitrogens with zero attached hydrogens (tertiary/aromatic N) is 6. The lowest BCUT2D eigenvalue weighted by Crippen LogP contribution is -2.46. The number of rotatable bonds is 5. The molecule has 0 radical (unpaired) electrons. The maximum Gasteiger partial charge on any atom is 0.223 e. The normalized spacial score (nSPS) is 14.8. The topological polar surface area (TPSA) is 84.8 Å². The second-order valence-electron chi connectivity index (χ2n) is 7.61. The number of nitrogen functional groups attached to an aromatic ring is 1. The van der Waals surface area contributed by atoms with Gasteiger partial charge in [0, 0.05) is 50.2 Å². The predicted octanol–water partition coefficient (Wildman–Crippen LogP) is 2.70. The van der Waals surface area contributed by atoms with Gasteiger partial charge in [-0.3, -0.25) is 4.90 Å². The quantitative estimate of drug-likeness (QED) is 0.536. The summed E-state index contributed by atoms with van der Waals surface area (Å²) in [4.78, 5) is 14.0. The van der Waals surface area contributed by atoms with E-state index in [1.165, 1.54) is 5.69 Å². The molecule has 2 N–H and O–H groups in total. The molecule has 1 aliphatic rings. The van der Waals surface area contributed by atoms with Crippen LogP contribution in [0, 0.1) is 0 Å². The Bertz CT molecular complexity index is 1180. The van der Waals surface area contributed by atoms with Crippen LogP contribution < -0.4 is 15.4 Å². The number of para-hydroxylation sites is 2. The molecular formula is C23H25N7O. The molecule has 0 aliphatic carbocycles. The van der Waals surface area contributed by atoms with Gasteiger partial charge in [0.25, 0.3) is 0 Å². The SMILES string of the molecule is COc1ccccc1-c1nc2c(CN3CCN(c4ccccc4)CC3)cnc(N)n2n1. The fraction of sp³-hybridized carbons (Fsp3) is 0.261. The van der Waals surface area contributed by atoms with Gasteiger partial charge in [-0.2, -0.15) is 4.52 Å². The summed E-state index contributed by atoms with van der Waals surface area (Å²) in [5.74, 6) is 1.62. The van der Waals surface area contributed by atoms with Gasteiger partial charge in [0.1, 0.15) is 5.75 Å². The zero-order valence-corrected chi connectivity index (χ0v) is 17.5. The van der Waals surface area contributed by atoms with Gasteiger partial charge in [-0.15, -0.1) is 5.10 Å². The van der Waals surface area contributed by atoms with Crippen molar-refractivity contribution in [2.24, 2.45) is 0 Å². The van der Waals surface area contributed by atoms with Crippen LogP contribution in [0.2, 0.25) is 0 Å². The Labute approximate surface area is 180 Å². The lowest BCUT2D eigenvalue weighted by Gasteiger charge is -2.36. The van der Waals surface area contributed by atoms with E-state index in [0.29, 0.717) is 11.8 Å². The molecule has 0 spiro atoms. The minimum Gasteiger partial charge on any atom is -0.496 e. The Kier molecular flexibility index (Phi) is 5.13. The van der Waals surface area contributed by atoms with E-state index in [1.54, 1.807) is 11.6 Å². The summed E-state index contributed by atoms with van der Waals surface area (Å²) < 4.78 is 7.10. The molecule has 8 nitrogen and oxygen atoms in total. The molecule has 0 unspecified atom stereocenters. The summed E-state index contributed by atoms with van der Waals surface area (Å²) in [5.41, 5.74) is 9.95. The average molecular weight is 416 g/mol. The molecular weight excluding hydrogens is 390 g/mol. The molecule has 1 saturated heterocycles. The molecule has 0 saturated carbocycles. The number of fused-ring (bicyclic) bond motifs is 1. The Hall–Kier alpha value is -3.65. The molecule has 158 valence electrons. The number of piperazine rings is 1. The van der Waals surface area contributed by atoms with Crippen LogP contribution in [0.1, 0.15) is 5.56 Å². The molecule has 0 amide bonds. The first-order valence-corrected chi connectivity index (χ1v) is 10.4. The minimum absolute atomic E-state index is 0.321. The van der Waals surface area contributed by atoms with E-state index >= 15 is 0 Å². The maximum absolute atomic E-state index is 6.10. The number of ether oxygens (including phenoxy) is 1. The lowest BCUT2D eigenvalue weighted by atomic mass is 10.2. The van der Waals surface area contributed by atoms with E-state index in [2.05, 4.69) is 50.2 Å². The van der Waals surface area contributed by atoms with Gasteiger partial charge in [-0.25, -0.2) is 9.97 Å². The first-order chi connectivity index (χ1) is 15.2. The summed E-state index contributed by atoms with van der Waals surface area (Å²) in [6.07, 6.45) is 1.81. The Morgan fingerprint density at radius 1 is 0.968 bits per heavy atom. The Morgan fingerprint density at radius 3 is 2.48 bits per heavy atom. The number of hydrogen-bond donors (Lipinski definition) is 1. The van der Waals surface area contributed by atoms with Crippen LogP contribution in [-0.4, -0.2) is 57.8 Å². The van der Waals surface area contributed by atoms with Gasteiger partial charge in [-0.1, -0.05) is 30.3 Å². The van der Waals surface area contributed by atoms with Crippen molar-refractivity contribution in [1.82, 2.24) is 24.5 Å². The molecule has 0 atom stereocenters. The van der Waals surface area contributed by atoms with E-state index in [1.807, 2.05) is 30.5 Å². The second-order valence-corrected chi connectivity index (χ2v) is 7.61. The minimum atomic E-state index is 0.321. The molecule has 8 heteroatoms. The van der Waals surface area contributed by atoms with Crippen molar-refractivity contribution in [2.45, 2.75) is 6.54 Å². The number of aromatic nitrogens is 4. The van der Waals surface area contributed by atoms with Crippen LogP contribution in [0.5, 0.6) is 5.75 Å². The van der Waals surface area contributed by atoms with Crippen molar-refractivity contribution in [3.63, 3.8) is 0 Å². The summed E-state index contributed by atoms with van der Waals surface area (Å²) in [5, 5.41) is 4.61. The van der Waals surface area contributed by atoms with Crippen LogP contribution in [0.15, 0.2) is 60.8 Å². The van der Waals surface area contributed by atoms with Gasteiger partial charge in [0.2, 0.25) is 5.95 Å². The average Bonchev–Trinajstić information content (AvgIpc) is 3.28. The molecule has 31 heavy (non-hydrogen) atoms. The van der Waals surface area contributed by atoms with Crippen molar-refractivity contribution >= 4 is 17.3 Å². The highest BCUT2D eigenvalue weighted by Crippen LogP contribution is 2.28. The van der Waals surface area contributed by atoms with Crippen molar-refractivity contribution < 1.29 is 4.74 Å². The zero-order valence-electron chi connectivity index (χ0n) is 17.5. The first-order valence-electron chi connectivity index (χ1n) is 10.4. The molecule has 2 aromatic carbocycles. The zero-order chi connectivity index (χ0) is 21.2. The third-order valence-electron chi connectivity index (χ3n) is 5.70. The van der Waals surface area contributed by atoms with Crippen molar-refractivity contribution in [3.8, 4) is 17.1 Å². The van der Waals surface area contributed by atoms with Crippen molar-refractivity contribution in [1.29, 1.82) is 0 Å². The summed E-state index contributed by atoms with van der Waals surface area (Å²) in [7, 11) is 1.64. The fourth-order valence-corrected chi connectivity index (χ4v) is 4.04. The van der Waals surface area contributed by atoms with E-state index < -0.39 is 0 Å². The molecule has 2 aromatic heterocycles. The summed E-state index contributed by atoms with van der Waals surface area (Å²) in [6.45, 7) is 4.67. The lowest BCUT2D eigenvalue weighted by molar-refractivity contribution is 0.250. The molecule has 5 rings (SSSR count). The van der Waals surface area contributed by atoms with Gasteiger partial charge in [0.15, 0.2) is 11.5 Å². The van der Waals surface area contributed by atoms with Crippen LogP contribution in [-0.2, 0) is 6.54 Å². The van der Waals surface area contributed by atoms with E-state index in [4.69, 9.17) is 15.5 Å². The Balaban J connectivity index is 1.38. The molecule has 4 aromatic rings. The number of methoxy groups -OCH3 is 1. The van der Waals surface area contributed by atoms with Crippen LogP contribution in [0.3, 0.4) is 0 Å². The first kappa shape index (κ1) is 19.3. The maximum atomic E-state index is 6.10. The van der Waals surface area contributed by atoms with Gasteiger partial charge in [-0.05, 0) is 24.3 Å². The summed E-state index contributed by atoms with van der Waals surface area (Å²) >= 11 is 0. The van der Waals surface area contributed by atoms with Crippen molar-refractivity contribution in [3.05, 3.63) is 66.4 Å². The van der Waals surface area contributed by atoms with Gasteiger partial charge < -0.3 is 15.4 Å². The van der Waals surface area contributed by atoms with Gasteiger partial charge >= 0.3 is 0 Å². The third kappa shape index (κ3) is 3.77.